The van der Waals surface area contributed by atoms with Gasteiger partial charge in [-0.25, -0.2) is 0 Å². The van der Waals surface area contributed by atoms with Gasteiger partial charge >= 0.3 is 6.18 Å². The molecule has 25 heavy (non-hydrogen) atoms. The van der Waals surface area contributed by atoms with Crippen molar-refractivity contribution in [3.05, 3.63) is 64.1 Å². The van der Waals surface area contributed by atoms with Gasteiger partial charge in [-0.3, -0.25) is 4.18 Å². The van der Waals surface area contributed by atoms with Crippen molar-refractivity contribution in [2.75, 3.05) is 0 Å². The van der Waals surface area contributed by atoms with Crippen molar-refractivity contribution in [3.63, 3.8) is 0 Å². The molecule has 0 bridgehead atoms. The minimum absolute atomic E-state index is 0.0159. The standard InChI is InChI=1S/C17H16BrF3O3S/c1-11(13-3-5-14(6-4-13)17(19,20)21)12(2)24-25(22,23)16-9-7-15(18)8-10-16/h3-12H,1-2H3/t11-,12-/m1/s1. The molecular formula is C17H16BrF3O3S. The lowest BCUT2D eigenvalue weighted by molar-refractivity contribution is -0.137. The maximum atomic E-state index is 12.6. The summed E-state index contributed by atoms with van der Waals surface area (Å²) < 4.78 is 68.4. The molecule has 0 saturated heterocycles. The van der Waals surface area contributed by atoms with E-state index in [0.717, 1.165) is 16.6 Å². The lowest BCUT2D eigenvalue weighted by Crippen LogP contribution is -2.21. The Kier molecular flexibility index (Phi) is 5.96. The number of hydrogen-bond donors (Lipinski definition) is 0. The van der Waals surface area contributed by atoms with Crippen LogP contribution in [-0.2, 0) is 20.5 Å². The van der Waals surface area contributed by atoms with Crippen LogP contribution in [0.2, 0.25) is 0 Å². The summed E-state index contributed by atoms with van der Waals surface area (Å²) in [4.78, 5) is 0.0159. The van der Waals surface area contributed by atoms with Gasteiger partial charge in [0, 0.05) is 10.4 Å². The molecule has 0 heterocycles. The average molecular weight is 437 g/mol. The highest BCUT2D eigenvalue weighted by Crippen LogP contribution is 2.31. The maximum Gasteiger partial charge on any atom is 0.416 e. The van der Waals surface area contributed by atoms with Crippen LogP contribution in [0.15, 0.2) is 57.9 Å². The van der Waals surface area contributed by atoms with Crippen LogP contribution in [0.5, 0.6) is 0 Å². The van der Waals surface area contributed by atoms with Gasteiger partial charge in [0.15, 0.2) is 0 Å². The fourth-order valence-electron chi connectivity index (χ4n) is 2.19. The monoisotopic (exact) mass is 436 g/mol. The van der Waals surface area contributed by atoms with Gasteiger partial charge in [0.2, 0.25) is 0 Å². The maximum absolute atomic E-state index is 12.6. The normalized spacial score (nSPS) is 15.0. The number of rotatable bonds is 5. The summed E-state index contributed by atoms with van der Waals surface area (Å²) in [6, 6.07) is 10.6. The zero-order valence-corrected chi connectivity index (χ0v) is 15.8. The molecule has 136 valence electrons. The van der Waals surface area contributed by atoms with Crippen molar-refractivity contribution in [2.24, 2.45) is 0 Å². The fourth-order valence-corrected chi connectivity index (χ4v) is 3.60. The molecule has 2 aromatic rings. The molecule has 0 amide bonds. The van der Waals surface area contributed by atoms with Gasteiger partial charge < -0.3 is 0 Å². The molecule has 0 aliphatic carbocycles. The second-order valence-electron chi connectivity index (χ2n) is 5.62. The first-order chi connectivity index (χ1) is 11.5. The second-order valence-corrected chi connectivity index (χ2v) is 8.11. The van der Waals surface area contributed by atoms with Gasteiger partial charge in [-0.2, -0.15) is 21.6 Å². The third-order valence-corrected chi connectivity index (χ3v) is 5.78. The Bertz CT molecular complexity index is 816. The van der Waals surface area contributed by atoms with Crippen molar-refractivity contribution >= 4 is 26.0 Å². The van der Waals surface area contributed by atoms with Gasteiger partial charge in [0.25, 0.3) is 10.1 Å². The molecule has 0 fully saturated rings. The number of hydrogen-bond acceptors (Lipinski definition) is 3. The summed E-state index contributed by atoms with van der Waals surface area (Å²) in [5, 5.41) is 0. The average Bonchev–Trinajstić information content (AvgIpc) is 2.53. The first kappa shape index (κ1) is 19.9. The van der Waals surface area contributed by atoms with Crippen LogP contribution in [0.4, 0.5) is 13.2 Å². The second kappa shape index (κ2) is 7.47. The van der Waals surface area contributed by atoms with E-state index in [1.54, 1.807) is 26.0 Å². The van der Waals surface area contributed by atoms with Crippen molar-refractivity contribution in [1.82, 2.24) is 0 Å². The van der Waals surface area contributed by atoms with E-state index in [0.29, 0.717) is 5.56 Å². The molecule has 3 nitrogen and oxygen atoms in total. The first-order valence-electron chi connectivity index (χ1n) is 7.37. The highest BCUT2D eigenvalue weighted by molar-refractivity contribution is 9.10. The Hall–Kier alpha value is -1.38. The molecular weight excluding hydrogens is 421 g/mol. The molecule has 2 atom stereocenters. The Morgan fingerprint density at radius 2 is 1.48 bits per heavy atom. The zero-order valence-electron chi connectivity index (χ0n) is 13.4. The predicted molar refractivity (Wildman–Crippen MR) is 91.7 cm³/mol. The zero-order chi connectivity index (χ0) is 18.8. The summed E-state index contributed by atoms with van der Waals surface area (Å²) in [6.07, 6.45) is -5.15. The van der Waals surface area contributed by atoms with Gasteiger partial charge in [0.1, 0.15) is 0 Å². The van der Waals surface area contributed by atoms with Crippen LogP contribution < -0.4 is 0 Å². The highest BCUT2D eigenvalue weighted by atomic mass is 79.9. The molecule has 0 aromatic heterocycles. The van der Waals surface area contributed by atoms with E-state index in [4.69, 9.17) is 4.18 Å². The van der Waals surface area contributed by atoms with Crippen LogP contribution in [-0.4, -0.2) is 14.5 Å². The smallest absolute Gasteiger partial charge is 0.263 e. The first-order valence-corrected chi connectivity index (χ1v) is 9.57. The Balaban J connectivity index is 2.14. The van der Waals surface area contributed by atoms with Crippen molar-refractivity contribution < 1.29 is 25.8 Å². The molecule has 8 heteroatoms. The molecule has 2 aromatic carbocycles. The number of alkyl halides is 3. The lowest BCUT2D eigenvalue weighted by atomic mass is 9.95. The fraction of sp³-hybridized carbons (Fsp3) is 0.294. The van der Waals surface area contributed by atoms with Gasteiger partial charge in [-0.05, 0) is 48.9 Å². The third kappa shape index (κ3) is 5.05. The van der Waals surface area contributed by atoms with E-state index in [1.807, 2.05) is 0 Å². The minimum atomic E-state index is -4.41. The van der Waals surface area contributed by atoms with E-state index >= 15 is 0 Å². The summed E-state index contributed by atoms with van der Waals surface area (Å²) in [6.45, 7) is 3.27. The summed E-state index contributed by atoms with van der Waals surface area (Å²) in [5.41, 5.74) is -0.189. The lowest BCUT2D eigenvalue weighted by Gasteiger charge is -2.21. The van der Waals surface area contributed by atoms with Gasteiger partial charge in [-0.1, -0.05) is 35.0 Å². The van der Waals surface area contributed by atoms with Crippen LogP contribution in [0.1, 0.15) is 30.9 Å². The molecule has 0 N–H and O–H groups in total. The minimum Gasteiger partial charge on any atom is -0.263 e. The van der Waals surface area contributed by atoms with Crippen LogP contribution in [0.25, 0.3) is 0 Å². The molecule has 0 radical (unpaired) electrons. The van der Waals surface area contributed by atoms with Crippen LogP contribution in [0.3, 0.4) is 0 Å². The number of halogens is 4. The molecule has 2 rings (SSSR count). The van der Waals surface area contributed by atoms with Crippen LogP contribution in [0, 0.1) is 0 Å². The largest absolute Gasteiger partial charge is 0.416 e. The van der Waals surface area contributed by atoms with Crippen LogP contribution >= 0.6 is 15.9 Å². The molecule has 0 spiro atoms. The SMILES string of the molecule is C[C@@H](OS(=O)(=O)c1ccc(Br)cc1)[C@@H](C)c1ccc(C(F)(F)F)cc1. The Morgan fingerprint density at radius 1 is 0.960 bits per heavy atom. The quantitative estimate of drug-likeness (QED) is 0.592. The van der Waals surface area contributed by atoms with E-state index in [1.165, 1.54) is 24.3 Å². The molecule has 0 aliphatic heterocycles. The molecule has 0 saturated carbocycles. The predicted octanol–water partition coefficient (Wildman–Crippen LogP) is 5.37. The molecule has 0 aliphatic rings. The van der Waals surface area contributed by atoms with E-state index < -0.39 is 33.9 Å². The summed E-state index contributed by atoms with van der Waals surface area (Å²) in [7, 11) is -3.96. The van der Waals surface area contributed by atoms with Crippen molar-refractivity contribution in [2.45, 2.75) is 36.9 Å². The summed E-state index contributed by atoms with van der Waals surface area (Å²) in [5.74, 6) is -0.410. The Morgan fingerprint density at radius 3 is 1.96 bits per heavy atom. The van der Waals surface area contributed by atoms with Crippen molar-refractivity contribution in [1.29, 1.82) is 0 Å². The Labute approximate surface area is 153 Å². The van der Waals surface area contributed by atoms with E-state index in [2.05, 4.69) is 15.9 Å². The third-order valence-electron chi connectivity index (χ3n) is 3.85. The van der Waals surface area contributed by atoms with E-state index in [9.17, 15) is 21.6 Å². The topological polar surface area (TPSA) is 43.4 Å². The van der Waals surface area contributed by atoms with Gasteiger partial charge in [0.05, 0.1) is 16.6 Å². The molecule has 0 unspecified atom stereocenters. The van der Waals surface area contributed by atoms with Gasteiger partial charge in [-0.15, -0.1) is 0 Å². The van der Waals surface area contributed by atoms with Crippen molar-refractivity contribution in [3.8, 4) is 0 Å². The highest BCUT2D eigenvalue weighted by Gasteiger charge is 2.30. The van der Waals surface area contributed by atoms with E-state index in [-0.39, 0.29) is 4.90 Å². The summed E-state index contributed by atoms with van der Waals surface area (Å²) >= 11 is 3.22. The number of benzene rings is 2.